The Hall–Kier alpha value is -0.880. The Morgan fingerprint density at radius 1 is 1.44 bits per heavy atom. The highest BCUT2D eigenvalue weighted by Gasteiger charge is 2.17. The fourth-order valence-electron chi connectivity index (χ4n) is 1.67. The Labute approximate surface area is 109 Å². The van der Waals surface area contributed by atoms with E-state index >= 15 is 0 Å². The molecule has 0 aliphatic rings. The van der Waals surface area contributed by atoms with Crippen molar-refractivity contribution in [1.29, 1.82) is 0 Å². The van der Waals surface area contributed by atoms with E-state index in [1.54, 1.807) is 6.07 Å². The van der Waals surface area contributed by atoms with Gasteiger partial charge in [0.05, 0.1) is 17.2 Å². The third kappa shape index (κ3) is 4.42. The monoisotopic (exact) mass is 273 g/mol. The molecule has 2 unspecified atom stereocenters. The lowest BCUT2D eigenvalue weighted by Crippen LogP contribution is -2.22. The number of aromatic nitrogens is 2. The quantitative estimate of drug-likeness (QED) is 0.813. The lowest BCUT2D eigenvalue weighted by molar-refractivity contribution is 0.474. The number of sulfone groups is 1. The molecule has 0 fully saturated rings. The van der Waals surface area contributed by atoms with Crippen LogP contribution >= 0.6 is 0 Å². The third-order valence-electron chi connectivity index (χ3n) is 3.01. The summed E-state index contributed by atoms with van der Waals surface area (Å²) in [4.78, 5) is 0. The van der Waals surface area contributed by atoms with Crippen LogP contribution in [0.4, 0.5) is 0 Å². The Kier molecular flexibility index (Phi) is 5.34. The minimum absolute atomic E-state index is 0.000768. The largest absolute Gasteiger partial charge is 0.330 e. The molecule has 0 spiro atoms. The first-order valence-electron chi connectivity index (χ1n) is 6.32. The first kappa shape index (κ1) is 15.2. The zero-order valence-corrected chi connectivity index (χ0v) is 12.2. The van der Waals surface area contributed by atoms with E-state index in [-0.39, 0.29) is 17.4 Å². The molecule has 1 aromatic rings. The second-order valence-electron chi connectivity index (χ2n) is 4.94. The van der Waals surface area contributed by atoms with Crippen LogP contribution in [-0.2, 0) is 15.6 Å². The average molecular weight is 273 g/mol. The van der Waals surface area contributed by atoms with Crippen LogP contribution in [0.15, 0.2) is 12.3 Å². The van der Waals surface area contributed by atoms with Crippen molar-refractivity contribution < 1.29 is 8.42 Å². The van der Waals surface area contributed by atoms with Crippen LogP contribution in [0, 0.1) is 5.92 Å². The van der Waals surface area contributed by atoms with Gasteiger partial charge in [-0.2, -0.15) is 5.10 Å². The number of hydrogen-bond acceptors (Lipinski definition) is 4. The number of nitrogens with zero attached hydrogens (tertiary/aromatic N) is 2. The second kappa shape index (κ2) is 6.33. The van der Waals surface area contributed by atoms with Gasteiger partial charge in [0.15, 0.2) is 9.84 Å². The predicted octanol–water partition coefficient (Wildman–Crippen LogP) is 1.36. The molecule has 5 nitrogen and oxygen atoms in total. The minimum Gasteiger partial charge on any atom is -0.330 e. The average Bonchev–Trinajstić information content (AvgIpc) is 2.74. The highest BCUT2D eigenvalue weighted by Crippen LogP contribution is 2.12. The molecule has 0 aliphatic heterocycles. The van der Waals surface area contributed by atoms with Crippen LogP contribution in [0.2, 0.25) is 0 Å². The van der Waals surface area contributed by atoms with Gasteiger partial charge in [-0.1, -0.05) is 13.8 Å². The standard InChI is InChI=1S/C12H23N3O2S/c1-4-11(3)15-6-5-12(14-15)9-18(16,17)8-10(2)7-13/h5-6,10-11H,4,7-9,13H2,1-3H3. The van der Waals surface area contributed by atoms with Gasteiger partial charge in [0.1, 0.15) is 0 Å². The van der Waals surface area contributed by atoms with Crippen LogP contribution in [0.1, 0.15) is 38.9 Å². The van der Waals surface area contributed by atoms with E-state index in [0.29, 0.717) is 18.3 Å². The molecule has 2 atom stereocenters. The fraction of sp³-hybridized carbons (Fsp3) is 0.750. The molecule has 1 aromatic heterocycles. The molecule has 0 aromatic carbocycles. The van der Waals surface area contributed by atoms with Crippen LogP contribution in [-0.4, -0.2) is 30.5 Å². The van der Waals surface area contributed by atoms with Crippen LogP contribution < -0.4 is 5.73 Å². The SMILES string of the molecule is CCC(C)n1ccc(CS(=O)(=O)CC(C)CN)n1. The van der Waals surface area contributed by atoms with Gasteiger partial charge in [-0.05, 0) is 31.9 Å². The topological polar surface area (TPSA) is 78.0 Å². The van der Waals surface area contributed by atoms with E-state index in [1.165, 1.54) is 0 Å². The Balaban J connectivity index is 2.70. The van der Waals surface area contributed by atoms with E-state index in [1.807, 2.05) is 17.8 Å². The minimum atomic E-state index is -3.12. The van der Waals surface area contributed by atoms with Crippen LogP contribution in [0.25, 0.3) is 0 Å². The molecule has 0 aliphatic carbocycles. The molecule has 0 radical (unpaired) electrons. The van der Waals surface area contributed by atoms with Crippen molar-refractivity contribution in [3.8, 4) is 0 Å². The van der Waals surface area contributed by atoms with Gasteiger partial charge in [0.2, 0.25) is 0 Å². The lowest BCUT2D eigenvalue weighted by Gasteiger charge is -2.09. The maximum atomic E-state index is 11.9. The molecule has 0 saturated heterocycles. The summed E-state index contributed by atoms with van der Waals surface area (Å²) in [6.07, 6.45) is 2.81. The Bertz CT molecular complexity index is 467. The van der Waals surface area contributed by atoms with Crippen molar-refractivity contribution >= 4 is 9.84 Å². The summed E-state index contributed by atoms with van der Waals surface area (Å²) in [5, 5.41) is 4.31. The van der Waals surface area contributed by atoms with Crippen molar-refractivity contribution in [3.63, 3.8) is 0 Å². The first-order chi connectivity index (χ1) is 8.38. The molecular formula is C12H23N3O2S. The second-order valence-corrected chi connectivity index (χ2v) is 7.05. The summed E-state index contributed by atoms with van der Waals surface area (Å²) < 4.78 is 25.6. The van der Waals surface area contributed by atoms with Gasteiger partial charge in [-0.25, -0.2) is 8.42 Å². The van der Waals surface area contributed by atoms with Crippen LogP contribution in [0.5, 0.6) is 0 Å². The van der Waals surface area contributed by atoms with Crippen molar-refractivity contribution in [3.05, 3.63) is 18.0 Å². The molecular weight excluding hydrogens is 250 g/mol. The molecule has 1 rings (SSSR count). The zero-order valence-electron chi connectivity index (χ0n) is 11.3. The number of rotatable bonds is 7. The molecule has 1 heterocycles. The third-order valence-corrected chi connectivity index (χ3v) is 4.83. The van der Waals surface area contributed by atoms with E-state index < -0.39 is 9.84 Å². The molecule has 0 saturated carbocycles. The smallest absolute Gasteiger partial charge is 0.156 e. The first-order valence-corrected chi connectivity index (χ1v) is 8.14. The lowest BCUT2D eigenvalue weighted by atomic mass is 10.2. The molecule has 6 heteroatoms. The van der Waals surface area contributed by atoms with E-state index in [2.05, 4.69) is 18.9 Å². The van der Waals surface area contributed by atoms with Gasteiger partial charge < -0.3 is 5.73 Å². The molecule has 18 heavy (non-hydrogen) atoms. The predicted molar refractivity (Wildman–Crippen MR) is 72.9 cm³/mol. The maximum Gasteiger partial charge on any atom is 0.156 e. The highest BCUT2D eigenvalue weighted by molar-refractivity contribution is 7.90. The van der Waals surface area contributed by atoms with E-state index in [9.17, 15) is 8.42 Å². The maximum absolute atomic E-state index is 11.9. The van der Waals surface area contributed by atoms with Crippen molar-refractivity contribution in [2.45, 2.75) is 39.0 Å². The number of hydrogen-bond donors (Lipinski definition) is 1. The summed E-state index contributed by atoms with van der Waals surface area (Å²) in [6, 6.07) is 2.07. The number of nitrogens with two attached hydrogens (primary N) is 1. The summed E-state index contributed by atoms with van der Waals surface area (Å²) in [5.74, 6) is 0.118. The summed E-state index contributed by atoms with van der Waals surface area (Å²) in [5.41, 5.74) is 6.06. The molecule has 0 bridgehead atoms. The van der Waals surface area contributed by atoms with Crippen molar-refractivity contribution in [1.82, 2.24) is 9.78 Å². The molecule has 2 N–H and O–H groups in total. The van der Waals surface area contributed by atoms with Crippen molar-refractivity contribution in [2.24, 2.45) is 11.7 Å². The van der Waals surface area contributed by atoms with E-state index in [4.69, 9.17) is 5.73 Å². The molecule has 0 amide bonds. The van der Waals surface area contributed by atoms with Gasteiger partial charge in [0.25, 0.3) is 0 Å². The summed E-state index contributed by atoms with van der Waals surface area (Å²) in [7, 11) is -3.12. The summed E-state index contributed by atoms with van der Waals surface area (Å²) >= 11 is 0. The van der Waals surface area contributed by atoms with Gasteiger partial charge in [0, 0.05) is 12.2 Å². The zero-order chi connectivity index (χ0) is 13.8. The van der Waals surface area contributed by atoms with Gasteiger partial charge in [-0.3, -0.25) is 4.68 Å². The van der Waals surface area contributed by atoms with Crippen molar-refractivity contribution in [2.75, 3.05) is 12.3 Å². The fourth-order valence-corrected chi connectivity index (χ4v) is 3.40. The molecule has 104 valence electrons. The van der Waals surface area contributed by atoms with E-state index in [0.717, 1.165) is 6.42 Å². The van der Waals surface area contributed by atoms with Gasteiger partial charge in [-0.15, -0.1) is 0 Å². The Morgan fingerprint density at radius 2 is 2.11 bits per heavy atom. The Morgan fingerprint density at radius 3 is 2.67 bits per heavy atom. The van der Waals surface area contributed by atoms with Gasteiger partial charge >= 0.3 is 0 Å². The highest BCUT2D eigenvalue weighted by atomic mass is 32.2. The summed E-state index contributed by atoms with van der Waals surface area (Å²) in [6.45, 7) is 6.36. The van der Waals surface area contributed by atoms with Crippen LogP contribution in [0.3, 0.4) is 0 Å². The normalized spacial score (nSPS) is 15.6.